The van der Waals surface area contributed by atoms with Gasteiger partial charge >= 0.3 is 11.9 Å². The van der Waals surface area contributed by atoms with Crippen LogP contribution in [-0.4, -0.2) is 83.0 Å². The summed E-state index contributed by atoms with van der Waals surface area (Å²) in [7, 11) is 0. The molecule has 0 unspecified atom stereocenters. The van der Waals surface area contributed by atoms with Crippen LogP contribution in [0, 0.1) is 0 Å². The van der Waals surface area contributed by atoms with Crippen LogP contribution in [0.15, 0.2) is 9.98 Å². The van der Waals surface area contributed by atoms with Crippen LogP contribution in [0.2, 0.25) is 0 Å². The Hall–Kier alpha value is -1.98. The maximum absolute atomic E-state index is 10.9. The molecular weight excluding hydrogens is 694 g/mol. The molecule has 0 saturated carbocycles. The summed E-state index contributed by atoms with van der Waals surface area (Å²) < 4.78 is 0.312. The van der Waals surface area contributed by atoms with Crippen LogP contribution in [0.25, 0.3) is 0 Å². The number of nitrogens with zero attached hydrogens (tertiary/aromatic N) is 4. The van der Waals surface area contributed by atoms with Gasteiger partial charge in [0, 0.05) is 25.7 Å². The zero-order valence-electron chi connectivity index (χ0n) is 19.2. The van der Waals surface area contributed by atoms with Crippen LogP contribution >= 0.6 is 45.2 Å². The van der Waals surface area contributed by atoms with E-state index >= 15 is 0 Å². The van der Waals surface area contributed by atoms with Crippen LogP contribution in [-0.2, 0) is 33.6 Å². The zero-order valence-corrected chi connectivity index (χ0v) is 23.5. The van der Waals surface area contributed by atoms with Crippen LogP contribution in [0.4, 0.5) is 0 Å². The predicted octanol–water partition coefficient (Wildman–Crippen LogP) is 2.67. The first-order valence-corrected chi connectivity index (χ1v) is 12.9. The smallest absolute Gasteiger partial charge is 0.342 e. The van der Waals surface area contributed by atoms with E-state index in [-0.39, 0.29) is 47.0 Å². The number of alkyl halides is 2. The fraction of sp³-hybridized carbons (Fsp3) is 0.650. The number of halogens is 2. The number of aliphatic imine (C=N–C) groups is 2. The summed E-state index contributed by atoms with van der Waals surface area (Å²) in [6.07, 6.45) is 0.561. The van der Waals surface area contributed by atoms with Gasteiger partial charge in [-0.3, -0.25) is 29.2 Å². The van der Waals surface area contributed by atoms with Crippen LogP contribution < -0.4 is 0 Å². The van der Waals surface area contributed by atoms with E-state index in [4.69, 9.17) is 10.3 Å². The Bertz CT molecular complexity index is 753. The van der Waals surface area contributed by atoms with E-state index < -0.39 is 35.6 Å². The molecule has 2 saturated heterocycles. The number of hydrogen-bond acceptors (Lipinski definition) is 10. The zero-order chi connectivity index (χ0) is 26.8. The van der Waals surface area contributed by atoms with Crippen LogP contribution in [0.1, 0.15) is 60.8 Å². The topological polar surface area (TPSA) is 183 Å². The minimum absolute atomic E-state index is 0. The molecule has 0 atom stereocenters. The third-order valence-electron chi connectivity index (χ3n) is 3.08. The lowest BCUT2D eigenvalue weighted by molar-refractivity contribution is -0.195. The Labute approximate surface area is 231 Å². The Kier molecular flexibility index (Phi) is 22.9. The largest absolute Gasteiger partial charge is 0.481 e. The van der Waals surface area contributed by atoms with Gasteiger partial charge in [0.15, 0.2) is 0 Å². The van der Waals surface area contributed by atoms with E-state index in [1.54, 1.807) is 45.2 Å². The van der Waals surface area contributed by atoms with Gasteiger partial charge in [0.05, 0.1) is 22.5 Å². The van der Waals surface area contributed by atoms with Crippen molar-refractivity contribution in [3.63, 3.8) is 0 Å². The first-order chi connectivity index (χ1) is 15.8. The molecule has 2 aliphatic rings. The molecule has 2 rings (SSSR count). The Morgan fingerprint density at radius 2 is 1.23 bits per heavy atom. The summed E-state index contributed by atoms with van der Waals surface area (Å²) >= 11 is 3.57. The summed E-state index contributed by atoms with van der Waals surface area (Å²) in [5.41, 5.74) is 0. The first-order valence-electron chi connectivity index (χ1n) is 9.86. The van der Waals surface area contributed by atoms with Crippen molar-refractivity contribution in [1.29, 1.82) is 0 Å². The SMILES string of the molecule is C.CC(C)N=C=NC(C)C.O=C(CI)ON1C(=O)CCC1=O.O=C(O)CI.O=C1CCC(=O)N1O. The normalized spacial score (nSPS) is 14.0. The molecule has 15 heteroatoms. The number of amides is 4. The summed E-state index contributed by atoms with van der Waals surface area (Å²) in [6.45, 7) is 8.01. The van der Waals surface area contributed by atoms with Crippen LogP contribution in [0.5, 0.6) is 0 Å². The van der Waals surface area contributed by atoms with E-state index in [0.717, 1.165) is 0 Å². The van der Waals surface area contributed by atoms with Gasteiger partial charge < -0.3 is 9.94 Å². The highest BCUT2D eigenvalue weighted by atomic mass is 127. The number of carboxylic acid groups (broad SMARTS) is 1. The molecule has 2 heterocycles. The first kappa shape index (κ1) is 37.6. The molecule has 0 spiro atoms. The lowest BCUT2D eigenvalue weighted by Crippen LogP contribution is -2.32. The maximum atomic E-state index is 10.9. The van der Waals surface area contributed by atoms with Crippen molar-refractivity contribution in [2.75, 3.05) is 8.86 Å². The van der Waals surface area contributed by atoms with Crippen molar-refractivity contribution >= 4 is 86.8 Å². The molecule has 0 aliphatic carbocycles. The third kappa shape index (κ3) is 20.0. The van der Waals surface area contributed by atoms with Crippen molar-refractivity contribution in [2.24, 2.45) is 9.98 Å². The molecule has 0 aromatic carbocycles. The second kappa shape index (κ2) is 21.3. The fourth-order valence-electron chi connectivity index (χ4n) is 1.61. The highest BCUT2D eigenvalue weighted by Crippen LogP contribution is 2.12. The highest BCUT2D eigenvalue weighted by Gasteiger charge is 2.32. The van der Waals surface area contributed by atoms with Gasteiger partial charge in [-0.05, 0) is 27.7 Å². The number of aliphatic carboxylic acids is 1. The molecule has 2 N–H and O–H groups in total. The molecule has 0 radical (unpaired) electrons. The van der Waals surface area contributed by atoms with Crippen molar-refractivity contribution < 1.29 is 43.9 Å². The van der Waals surface area contributed by atoms with Gasteiger partial charge in [-0.25, -0.2) is 14.8 Å². The molecule has 0 aromatic heterocycles. The molecule has 13 nitrogen and oxygen atoms in total. The molecule has 35 heavy (non-hydrogen) atoms. The van der Waals surface area contributed by atoms with Gasteiger partial charge in [-0.15, -0.1) is 5.06 Å². The lowest BCUT2D eigenvalue weighted by atomic mass is 10.4. The molecule has 0 bridgehead atoms. The summed E-state index contributed by atoms with van der Waals surface area (Å²) in [5.74, 6) is -3.24. The van der Waals surface area contributed by atoms with E-state index in [0.29, 0.717) is 17.1 Å². The van der Waals surface area contributed by atoms with Crippen molar-refractivity contribution in [3.05, 3.63) is 0 Å². The molecule has 4 amide bonds. The van der Waals surface area contributed by atoms with Crippen molar-refractivity contribution in [1.82, 2.24) is 10.1 Å². The number of carbonyl (C=O) groups excluding carboxylic acids is 5. The summed E-state index contributed by atoms with van der Waals surface area (Å²) in [5, 5.41) is 16.8. The monoisotopic (exact) mass is 726 g/mol. The lowest BCUT2D eigenvalue weighted by Gasteiger charge is -2.10. The van der Waals surface area contributed by atoms with Crippen molar-refractivity contribution in [2.45, 2.75) is 72.9 Å². The van der Waals surface area contributed by atoms with E-state index in [9.17, 15) is 28.8 Å². The van der Waals surface area contributed by atoms with E-state index in [1.807, 2.05) is 27.7 Å². The second-order valence-electron chi connectivity index (χ2n) is 6.85. The number of rotatable bonds is 5. The second-order valence-corrected chi connectivity index (χ2v) is 8.38. The van der Waals surface area contributed by atoms with E-state index in [2.05, 4.69) is 20.8 Å². The fourth-order valence-corrected chi connectivity index (χ4v) is 1.75. The quantitative estimate of drug-likeness (QED) is 0.142. The third-order valence-corrected chi connectivity index (χ3v) is 4.35. The predicted molar refractivity (Wildman–Crippen MR) is 142 cm³/mol. The van der Waals surface area contributed by atoms with E-state index in [1.165, 1.54) is 0 Å². The number of carboxylic acids is 1. The molecule has 200 valence electrons. The van der Waals surface area contributed by atoms with Crippen molar-refractivity contribution in [3.8, 4) is 0 Å². The van der Waals surface area contributed by atoms with Crippen LogP contribution in [0.3, 0.4) is 0 Å². The van der Waals surface area contributed by atoms with Gasteiger partial charge in [0.2, 0.25) is 0 Å². The highest BCUT2D eigenvalue weighted by molar-refractivity contribution is 14.1. The van der Waals surface area contributed by atoms with Gasteiger partial charge in [-0.2, -0.15) is 5.06 Å². The molecule has 0 aromatic rings. The average molecular weight is 726 g/mol. The number of hydroxylamine groups is 4. The average Bonchev–Trinajstić information content (AvgIpc) is 3.24. The summed E-state index contributed by atoms with van der Waals surface area (Å²) in [4.78, 5) is 74.6. The molecule has 2 fully saturated rings. The number of hydrogen-bond donors (Lipinski definition) is 2. The minimum Gasteiger partial charge on any atom is -0.481 e. The molecule has 2 aliphatic heterocycles. The number of carbonyl (C=O) groups is 6. The van der Waals surface area contributed by atoms with Gasteiger partial charge in [-0.1, -0.05) is 52.6 Å². The molecular formula is C20H32I2N4O9. The Morgan fingerprint density at radius 3 is 1.46 bits per heavy atom. The summed E-state index contributed by atoms with van der Waals surface area (Å²) in [6, 6.07) is 3.26. The maximum Gasteiger partial charge on any atom is 0.342 e. The Balaban J connectivity index is -0.000000403. The van der Waals surface area contributed by atoms with Gasteiger partial charge in [0.25, 0.3) is 23.6 Å². The number of imide groups is 2. The Morgan fingerprint density at radius 1 is 0.886 bits per heavy atom. The standard InChI is InChI=1S/C7H14N2.C6H6INO4.C4H5NO3.C2H3IO2.CH4/c1-6(2)8-5-9-7(3)4;7-3-6(11)12-8-4(9)1-2-5(8)10;6-3-1-2-4(7)5(3)8;3-1-2(4)5;/h6-7H,1-4H3;1-3H2;8H,1-2H2;1H2,(H,4,5);1H4. The minimum atomic E-state index is -0.759. The van der Waals surface area contributed by atoms with Gasteiger partial charge in [0.1, 0.15) is 4.43 Å².